The normalized spacial score (nSPS) is 14.3. The van der Waals surface area contributed by atoms with E-state index >= 15 is 0 Å². The van der Waals surface area contributed by atoms with Crippen LogP contribution in [0.25, 0.3) is 0 Å². The van der Waals surface area contributed by atoms with E-state index in [1.165, 1.54) is 42.1 Å². The number of para-hydroxylation sites is 1. The summed E-state index contributed by atoms with van der Waals surface area (Å²) in [4.78, 5) is 23.4. The van der Waals surface area contributed by atoms with Gasteiger partial charge in [-0.25, -0.2) is 4.39 Å². The molecule has 0 saturated carbocycles. The molecule has 0 aromatic heterocycles. The van der Waals surface area contributed by atoms with Crippen LogP contribution < -0.4 is 15.2 Å². The third kappa shape index (κ3) is 4.09. The number of anilines is 1. The van der Waals surface area contributed by atoms with Gasteiger partial charge in [-0.2, -0.15) is 0 Å². The molecule has 1 atom stereocenters. The Bertz CT molecular complexity index is 1100. The van der Waals surface area contributed by atoms with E-state index in [-0.39, 0.29) is 28.3 Å². The minimum absolute atomic E-state index is 0.0155. The molecule has 0 bridgehead atoms. The van der Waals surface area contributed by atoms with Gasteiger partial charge in [0.15, 0.2) is 0 Å². The molecule has 0 radical (unpaired) electrons. The second-order valence-corrected chi connectivity index (χ2v) is 7.52. The van der Waals surface area contributed by atoms with E-state index in [1.54, 1.807) is 12.1 Å². The van der Waals surface area contributed by atoms with Crippen LogP contribution in [-0.4, -0.2) is 17.6 Å². The Morgan fingerprint density at radius 3 is 2.62 bits per heavy atom. The lowest BCUT2D eigenvalue weighted by atomic mass is 10.00. The standard InChI is InChI=1S/C22H16FNO4S/c23-14-8-9-19-17(11-14)21(16-6-1-2-7-18(16)28-19)29-12-20(25)24-15-5-3-4-13(10-15)22(26)27/h1-11,21H,12H2,(H,24,25)(H,26,27)/p-1/t21-/m1/s1. The number of carbonyl (C=O) groups excluding carboxylic acids is 2. The number of thioether (sulfide) groups is 1. The number of halogens is 1. The summed E-state index contributed by atoms with van der Waals surface area (Å²) in [5.41, 5.74) is 1.89. The third-order valence-corrected chi connectivity index (χ3v) is 5.71. The van der Waals surface area contributed by atoms with Crippen molar-refractivity contribution in [1.82, 2.24) is 0 Å². The maximum Gasteiger partial charge on any atom is 0.234 e. The van der Waals surface area contributed by atoms with Crippen molar-refractivity contribution in [2.24, 2.45) is 0 Å². The smallest absolute Gasteiger partial charge is 0.234 e. The number of hydrogen-bond acceptors (Lipinski definition) is 5. The summed E-state index contributed by atoms with van der Waals surface area (Å²) in [6.45, 7) is 0. The summed E-state index contributed by atoms with van der Waals surface area (Å²) in [6.07, 6.45) is 0. The zero-order valence-corrected chi connectivity index (χ0v) is 15.9. The highest BCUT2D eigenvalue weighted by Crippen LogP contribution is 2.49. The fourth-order valence-electron chi connectivity index (χ4n) is 3.15. The van der Waals surface area contributed by atoms with Crippen LogP contribution >= 0.6 is 11.8 Å². The van der Waals surface area contributed by atoms with Crippen LogP contribution in [0.15, 0.2) is 66.7 Å². The van der Waals surface area contributed by atoms with Gasteiger partial charge in [-0.3, -0.25) is 4.79 Å². The maximum atomic E-state index is 13.8. The lowest BCUT2D eigenvalue weighted by Gasteiger charge is -2.27. The Hall–Kier alpha value is -3.32. The number of carboxylic acids is 1. The number of carbonyl (C=O) groups is 2. The quantitative estimate of drug-likeness (QED) is 0.696. The Morgan fingerprint density at radius 2 is 1.79 bits per heavy atom. The lowest BCUT2D eigenvalue weighted by molar-refractivity contribution is -0.255. The third-order valence-electron chi connectivity index (χ3n) is 4.44. The zero-order chi connectivity index (χ0) is 20.4. The molecule has 0 aliphatic carbocycles. The average Bonchev–Trinajstić information content (AvgIpc) is 2.71. The Balaban J connectivity index is 1.52. The molecule has 0 fully saturated rings. The van der Waals surface area contributed by atoms with Gasteiger partial charge in [0.05, 0.1) is 17.0 Å². The highest BCUT2D eigenvalue weighted by molar-refractivity contribution is 8.00. The van der Waals surface area contributed by atoms with Crippen LogP contribution in [0.2, 0.25) is 0 Å². The van der Waals surface area contributed by atoms with Gasteiger partial charge in [0.25, 0.3) is 0 Å². The van der Waals surface area contributed by atoms with Crippen molar-refractivity contribution < 1.29 is 23.8 Å². The first-order valence-electron chi connectivity index (χ1n) is 8.80. The first-order valence-corrected chi connectivity index (χ1v) is 9.85. The molecule has 1 aliphatic heterocycles. The Labute approximate surface area is 170 Å². The molecule has 0 spiro atoms. The molecule has 1 N–H and O–H groups in total. The average molecular weight is 408 g/mol. The summed E-state index contributed by atoms with van der Waals surface area (Å²) >= 11 is 1.34. The monoisotopic (exact) mass is 408 g/mol. The Kier molecular flexibility index (Phi) is 5.22. The van der Waals surface area contributed by atoms with Gasteiger partial charge in [0.1, 0.15) is 17.3 Å². The molecule has 7 heteroatoms. The highest BCUT2D eigenvalue weighted by atomic mass is 32.2. The van der Waals surface area contributed by atoms with Crippen LogP contribution in [0.1, 0.15) is 26.7 Å². The molecule has 3 aromatic rings. The highest BCUT2D eigenvalue weighted by Gasteiger charge is 2.28. The molecule has 4 rings (SSSR count). The van der Waals surface area contributed by atoms with E-state index in [1.807, 2.05) is 24.3 Å². The largest absolute Gasteiger partial charge is 0.545 e. The van der Waals surface area contributed by atoms with E-state index in [2.05, 4.69) is 5.32 Å². The number of amides is 1. The van der Waals surface area contributed by atoms with Gasteiger partial charge in [-0.15, -0.1) is 11.8 Å². The molecule has 0 unspecified atom stereocenters. The van der Waals surface area contributed by atoms with Gasteiger partial charge in [-0.05, 0) is 42.0 Å². The fraction of sp³-hybridized carbons (Fsp3) is 0.0909. The number of aromatic carboxylic acids is 1. The molecule has 1 aliphatic rings. The molecule has 29 heavy (non-hydrogen) atoms. The van der Waals surface area contributed by atoms with Crippen LogP contribution in [0.3, 0.4) is 0 Å². The number of fused-ring (bicyclic) bond motifs is 2. The van der Waals surface area contributed by atoms with Gasteiger partial charge in [0.2, 0.25) is 5.91 Å². The SMILES string of the molecule is O=C(CS[C@@H]1c2ccccc2Oc2ccc(F)cc21)Nc1cccc(C(=O)[O-])c1. The van der Waals surface area contributed by atoms with Crippen LogP contribution in [0, 0.1) is 5.82 Å². The van der Waals surface area contributed by atoms with Gasteiger partial charge in [-0.1, -0.05) is 30.3 Å². The molecule has 1 amide bonds. The number of hydrogen-bond donors (Lipinski definition) is 1. The molecule has 0 saturated heterocycles. The lowest BCUT2D eigenvalue weighted by Crippen LogP contribution is -2.22. The summed E-state index contributed by atoms with van der Waals surface area (Å²) in [5, 5.41) is 13.4. The van der Waals surface area contributed by atoms with E-state index < -0.39 is 5.97 Å². The van der Waals surface area contributed by atoms with Gasteiger partial charge < -0.3 is 20.0 Å². The van der Waals surface area contributed by atoms with Gasteiger partial charge in [0, 0.05) is 16.8 Å². The first kappa shape index (κ1) is 19.0. The van der Waals surface area contributed by atoms with Gasteiger partial charge >= 0.3 is 0 Å². The van der Waals surface area contributed by atoms with Crippen molar-refractivity contribution in [2.45, 2.75) is 5.25 Å². The van der Waals surface area contributed by atoms with E-state index in [4.69, 9.17) is 4.74 Å². The second kappa shape index (κ2) is 7.97. The second-order valence-electron chi connectivity index (χ2n) is 6.43. The van der Waals surface area contributed by atoms with Crippen molar-refractivity contribution in [3.8, 4) is 11.5 Å². The van der Waals surface area contributed by atoms with E-state index in [0.29, 0.717) is 22.7 Å². The van der Waals surface area contributed by atoms with Crippen LogP contribution in [-0.2, 0) is 4.79 Å². The Morgan fingerprint density at radius 1 is 1.00 bits per heavy atom. The molecule has 3 aromatic carbocycles. The first-order chi connectivity index (χ1) is 14.0. The number of benzene rings is 3. The summed E-state index contributed by atoms with van der Waals surface area (Å²) in [7, 11) is 0. The molecular formula is C22H15FNO4S-. The number of nitrogens with one attached hydrogen (secondary N) is 1. The predicted octanol–water partition coefficient (Wildman–Crippen LogP) is 3.76. The maximum absolute atomic E-state index is 13.8. The molecule has 146 valence electrons. The summed E-state index contributed by atoms with van der Waals surface area (Å²) in [5.74, 6) is -0.665. The van der Waals surface area contributed by atoms with Crippen molar-refractivity contribution in [3.05, 3.63) is 89.2 Å². The van der Waals surface area contributed by atoms with Crippen molar-refractivity contribution in [3.63, 3.8) is 0 Å². The molecule has 5 nitrogen and oxygen atoms in total. The summed E-state index contributed by atoms with van der Waals surface area (Å²) in [6, 6.07) is 17.7. The van der Waals surface area contributed by atoms with Crippen LogP contribution in [0.4, 0.5) is 10.1 Å². The minimum atomic E-state index is -1.31. The number of carboxylic acid groups (broad SMARTS) is 1. The molecular weight excluding hydrogens is 393 g/mol. The topological polar surface area (TPSA) is 78.5 Å². The van der Waals surface area contributed by atoms with Crippen molar-refractivity contribution in [2.75, 3.05) is 11.1 Å². The molecule has 1 heterocycles. The zero-order valence-electron chi connectivity index (χ0n) is 15.1. The minimum Gasteiger partial charge on any atom is -0.545 e. The van der Waals surface area contributed by atoms with E-state index in [0.717, 1.165) is 5.56 Å². The van der Waals surface area contributed by atoms with Crippen molar-refractivity contribution >= 4 is 29.3 Å². The van der Waals surface area contributed by atoms with Crippen molar-refractivity contribution in [1.29, 1.82) is 0 Å². The van der Waals surface area contributed by atoms with Crippen LogP contribution in [0.5, 0.6) is 11.5 Å². The fourth-order valence-corrected chi connectivity index (χ4v) is 4.28. The number of rotatable bonds is 5. The van der Waals surface area contributed by atoms with E-state index in [9.17, 15) is 19.1 Å². The number of ether oxygens (including phenoxy) is 1. The predicted molar refractivity (Wildman–Crippen MR) is 107 cm³/mol. The summed E-state index contributed by atoms with van der Waals surface area (Å²) < 4.78 is 19.7.